The molecule has 0 spiro atoms. The van der Waals surface area contributed by atoms with Gasteiger partial charge in [-0.2, -0.15) is 10.5 Å². The molecule has 1 heterocycles. The van der Waals surface area contributed by atoms with Crippen LogP contribution in [0.1, 0.15) is 11.4 Å². The summed E-state index contributed by atoms with van der Waals surface area (Å²) in [5.41, 5.74) is -0.662. The fraction of sp³-hybridized carbons (Fsp3) is 0. The second kappa shape index (κ2) is 2.68. The first-order valence-corrected chi connectivity index (χ1v) is 2.70. The molecule has 0 amide bonds. The van der Waals surface area contributed by atoms with Crippen molar-refractivity contribution in [3.8, 4) is 12.1 Å². The van der Waals surface area contributed by atoms with E-state index in [4.69, 9.17) is 15.6 Å². The Bertz CT molecular complexity index is 406. The maximum absolute atomic E-state index is 10.3. The summed E-state index contributed by atoms with van der Waals surface area (Å²) in [7, 11) is 0. The van der Waals surface area contributed by atoms with Crippen LogP contribution in [0.25, 0.3) is 0 Å². The monoisotopic (exact) mass is 163 g/mol. The molecule has 7 heteroatoms. The van der Waals surface area contributed by atoms with Gasteiger partial charge in [-0.15, -0.1) is 9.78 Å². The van der Waals surface area contributed by atoms with Gasteiger partial charge < -0.3 is 5.11 Å². The first-order valence-electron chi connectivity index (χ1n) is 2.70. The zero-order chi connectivity index (χ0) is 9.14. The van der Waals surface area contributed by atoms with Crippen LogP contribution in [0.4, 0.5) is 4.79 Å². The molecule has 0 saturated carbocycles. The Balaban J connectivity index is 3.38. The summed E-state index contributed by atoms with van der Waals surface area (Å²) in [5, 5.41) is 31.4. The van der Waals surface area contributed by atoms with Crippen LogP contribution >= 0.6 is 0 Å². The Labute approximate surface area is 66.1 Å². The molecule has 1 aromatic heterocycles. The van der Waals surface area contributed by atoms with Gasteiger partial charge in [0.15, 0.2) is 5.69 Å². The summed E-state index contributed by atoms with van der Waals surface area (Å²) >= 11 is 0. The zero-order valence-corrected chi connectivity index (χ0v) is 5.59. The largest absolute Gasteiger partial charge is 0.463 e. The highest BCUT2D eigenvalue weighted by Crippen LogP contribution is 2.00. The fourth-order valence-electron chi connectivity index (χ4n) is 0.591. The quantitative estimate of drug-likeness (QED) is 0.553. The summed E-state index contributed by atoms with van der Waals surface area (Å²) in [5.74, 6) is 0. The summed E-state index contributed by atoms with van der Waals surface area (Å²) in [6, 6.07) is 3.05. The SMILES string of the molecule is N#Cc1nnn(C(=O)O)c1C#N. The lowest BCUT2D eigenvalue weighted by atomic mass is 10.4. The van der Waals surface area contributed by atoms with Crippen LogP contribution in [0, 0.1) is 22.7 Å². The number of rotatable bonds is 0. The number of hydrogen-bond donors (Lipinski definition) is 1. The second-order valence-electron chi connectivity index (χ2n) is 1.70. The molecule has 1 N–H and O–H groups in total. The highest BCUT2D eigenvalue weighted by Gasteiger charge is 2.16. The normalized spacial score (nSPS) is 8.50. The van der Waals surface area contributed by atoms with Gasteiger partial charge in [0.05, 0.1) is 0 Å². The van der Waals surface area contributed by atoms with Gasteiger partial charge in [0.25, 0.3) is 0 Å². The minimum absolute atomic E-state index is 0.292. The third-order valence-corrected chi connectivity index (χ3v) is 1.06. The van der Waals surface area contributed by atoms with Crippen molar-refractivity contribution in [1.82, 2.24) is 15.0 Å². The third kappa shape index (κ3) is 0.954. The van der Waals surface area contributed by atoms with E-state index in [1.807, 2.05) is 0 Å². The van der Waals surface area contributed by atoms with Gasteiger partial charge in [0.2, 0.25) is 5.69 Å². The molecule has 0 aliphatic heterocycles. The highest BCUT2D eigenvalue weighted by molar-refractivity contribution is 5.69. The van der Waals surface area contributed by atoms with Crippen LogP contribution < -0.4 is 0 Å². The molecular formula is C5HN5O2. The van der Waals surface area contributed by atoms with E-state index >= 15 is 0 Å². The van der Waals surface area contributed by atoms with Gasteiger partial charge in [-0.25, -0.2) is 4.79 Å². The molecule has 58 valence electrons. The van der Waals surface area contributed by atoms with Crippen molar-refractivity contribution in [3.05, 3.63) is 11.4 Å². The van der Waals surface area contributed by atoms with E-state index in [-0.39, 0.29) is 11.4 Å². The smallest absolute Gasteiger partial charge is 0.434 e. The van der Waals surface area contributed by atoms with Crippen molar-refractivity contribution in [2.75, 3.05) is 0 Å². The lowest BCUT2D eigenvalue weighted by Crippen LogP contribution is -2.12. The van der Waals surface area contributed by atoms with Crippen LogP contribution in [0.5, 0.6) is 0 Å². The van der Waals surface area contributed by atoms with Crippen molar-refractivity contribution in [1.29, 1.82) is 10.5 Å². The van der Waals surface area contributed by atoms with Gasteiger partial charge in [-0.05, 0) is 0 Å². The molecule has 7 nitrogen and oxygen atoms in total. The van der Waals surface area contributed by atoms with E-state index in [0.29, 0.717) is 4.68 Å². The summed E-state index contributed by atoms with van der Waals surface area (Å²) < 4.78 is 0.346. The van der Waals surface area contributed by atoms with Crippen molar-refractivity contribution < 1.29 is 9.90 Å². The Morgan fingerprint density at radius 3 is 2.58 bits per heavy atom. The predicted octanol–water partition coefficient (Wildman–Crippen LogP) is -0.452. The summed E-state index contributed by atoms with van der Waals surface area (Å²) in [6.45, 7) is 0. The predicted molar refractivity (Wildman–Crippen MR) is 32.9 cm³/mol. The van der Waals surface area contributed by atoms with E-state index in [2.05, 4.69) is 10.3 Å². The zero-order valence-electron chi connectivity index (χ0n) is 5.59. The number of hydrogen-bond acceptors (Lipinski definition) is 5. The van der Waals surface area contributed by atoms with Crippen molar-refractivity contribution in [2.24, 2.45) is 0 Å². The van der Waals surface area contributed by atoms with Crippen molar-refractivity contribution >= 4 is 6.09 Å². The van der Waals surface area contributed by atoms with Gasteiger partial charge in [0, 0.05) is 0 Å². The average Bonchev–Trinajstić information content (AvgIpc) is 2.46. The Morgan fingerprint density at radius 2 is 2.17 bits per heavy atom. The number of carboxylic acid groups (broad SMARTS) is 1. The Kier molecular flexibility index (Phi) is 1.72. The van der Waals surface area contributed by atoms with Gasteiger partial charge in [-0.3, -0.25) is 0 Å². The fourth-order valence-corrected chi connectivity index (χ4v) is 0.591. The molecule has 0 aromatic carbocycles. The average molecular weight is 163 g/mol. The number of carbonyl (C=O) groups is 1. The van der Waals surface area contributed by atoms with Gasteiger partial charge in [-0.1, -0.05) is 5.21 Å². The van der Waals surface area contributed by atoms with E-state index in [1.54, 1.807) is 6.07 Å². The third-order valence-electron chi connectivity index (χ3n) is 1.06. The van der Waals surface area contributed by atoms with E-state index in [0.717, 1.165) is 0 Å². The van der Waals surface area contributed by atoms with Crippen LogP contribution in [-0.2, 0) is 0 Å². The van der Waals surface area contributed by atoms with E-state index in [1.165, 1.54) is 6.07 Å². The molecule has 0 fully saturated rings. The molecule has 0 unspecified atom stereocenters. The van der Waals surface area contributed by atoms with Crippen molar-refractivity contribution in [2.45, 2.75) is 0 Å². The minimum atomic E-state index is -1.44. The number of aromatic nitrogens is 3. The van der Waals surface area contributed by atoms with E-state index in [9.17, 15) is 4.79 Å². The molecule has 0 atom stereocenters. The maximum Gasteiger partial charge on any atom is 0.434 e. The minimum Gasteiger partial charge on any atom is -0.463 e. The van der Waals surface area contributed by atoms with Crippen LogP contribution in [-0.4, -0.2) is 26.2 Å². The van der Waals surface area contributed by atoms with Crippen LogP contribution in [0.15, 0.2) is 0 Å². The summed E-state index contributed by atoms with van der Waals surface area (Å²) in [6.07, 6.45) is -1.44. The topological polar surface area (TPSA) is 116 Å². The first-order chi connectivity index (χ1) is 5.70. The molecule has 1 aromatic rings. The van der Waals surface area contributed by atoms with Gasteiger partial charge in [0.1, 0.15) is 12.1 Å². The highest BCUT2D eigenvalue weighted by atomic mass is 16.4. The Hall–Kier alpha value is -2.41. The standard InChI is InChI=1S/C5HN5O2/c6-1-3-4(2-7)10(5(11)12)9-8-3/h(H,11,12). The van der Waals surface area contributed by atoms with Crippen LogP contribution in [0.2, 0.25) is 0 Å². The molecule has 0 aliphatic rings. The molecule has 1 rings (SSSR count). The van der Waals surface area contributed by atoms with E-state index < -0.39 is 6.09 Å². The molecular weight excluding hydrogens is 162 g/mol. The maximum atomic E-state index is 10.3. The molecule has 0 bridgehead atoms. The molecule has 12 heavy (non-hydrogen) atoms. The lowest BCUT2D eigenvalue weighted by molar-refractivity contribution is 0.191. The van der Waals surface area contributed by atoms with Crippen molar-refractivity contribution in [3.63, 3.8) is 0 Å². The van der Waals surface area contributed by atoms with Crippen LogP contribution in [0.3, 0.4) is 0 Å². The molecule has 0 radical (unpaired) electrons. The first kappa shape index (κ1) is 7.69. The number of nitrogens with zero attached hydrogens (tertiary/aromatic N) is 5. The van der Waals surface area contributed by atoms with Gasteiger partial charge >= 0.3 is 6.09 Å². The Morgan fingerprint density at radius 1 is 1.50 bits per heavy atom. The lowest BCUT2D eigenvalue weighted by Gasteiger charge is -1.88. The second-order valence-corrected chi connectivity index (χ2v) is 1.70. The number of nitriles is 2. The summed E-state index contributed by atoms with van der Waals surface area (Å²) in [4.78, 5) is 10.3. The molecule has 0 saturated heterocycles. The molecule has 0 aliphatic carbocycles.